The molecule has 0 bridgehead atoms. The number of amides is 1. The van der Waals surface area contributed by atoms with Crippen LogP contribution in [-0.4, -0.2) is 18.2 Å². The zero-order valence-electron chi connectivity index (χ0n) is 11.0. The Balaban J connectivity index is 2.23. The molecular weight excluding hydrogens is 226 g/mol. The smallest absolute Gasteiger partial charge is 0.237 e. The zero-order chi connectivity index (χ0) is 13.1. The van der Waals surface area contributed by atoms with Crippen molar-refractivity contribution in [3.05, 3.63) is 29.8 Å². The van der Waals surface area contributed by atoms with Crippen LogP contribution in [-0.2, 0) is 9.59 Å². The first-order valence-electron chi connectivity index (χ1n) is 6.54. The Hall–Kier alpha value is -1.64. The van der Waals surface area contributed by atoms with E-state index in [-0.39, 0.29) is 11.7 Å². The number of piperidine rings is 1. The molecule has 3 nitrogen and oxygen atoms in total. The SMILES string of the molecule is CCC(=O)C1CCCN(c2cccc(C)c2)C1=O. The summed E-state index contributed by atoms with van der Waals surface area (Å²) in [7, 11) is 0. The second-order valence-electron chi connectivity index (χ2n) is 4.84. The van der Waals surface area contributed by atoms with E-state index < -0.39 is 5.92 Å². The average Bonchev–Trinajstić information content (AvgIpc) is 2.38. The van der Waals surface area contributed by atoms with Crippen molar-refractivity contribution >= 4 is 17.4 Å². The molecule has 2 rings (SSSR count). The zero-order valence-corrected chi connectivity index (χ0v) is 11.0. The molecule has 1 heterocycles. The van der Waals surface area contributed by atoms with Gasteiger partial charge in [0.1, 0.15) is 5.78 Å². The van der Waals surface area contributed by atoms with Crippen molar-refractivity contribution < 1.29 is 9.59 Å². The topological polar surface area (TPSA) is 37.4 Å². The molecule has 0 radical (unpaired) electrons. The molecule has 18 heavy (non-hydrogen) atoms. The molecular formula is C15H19NO2. The molecule has 1 saturated heterocycles. The summed E-state index contributed by atoms with van der Waals surface area (Å²) in [4.78, 5) is 25.9. The summed E-state index contributed by atoms with van der Waals surface area (Å²) in [6.45, 7) is 4.55. The second-order valence-corrected chi connectivity index (χ2v) is 4.84. The highest BCUT2D eigenvalue weighted by Gasteiger charge is 2.33. The fourth-order valence-corrected chi connectivity index (χ4v) is 2.47. The first-order valence-corrected chi connectivity index (χ1v) is 6.54. The molecule has 1 fully saturated rings. The van der Waals surface area contributed by atoms with Gasteiger partial charge in [-0.05, 0) is 37.5 Å². The number of Topliss-reactive ketones (excluding diaryl/α,β-unsaturated/α-hetero) is 1. The molecule has 0 aliphatic carbocycles. The van der Waals surface area contributed by atoms with E-state index in [0.717, 1.165) is 24.2 Å². The van der Waals surface area contributed by atoms with Gasteiger partial charge in [0.15, 0.2) is 0 Å². The Labute approximate surface area is 108 Å². The van der Waals surface area contributed by atoms with Crippen LogP contribution in [0.5, 0.6) is 0 Å². The lowest BCUT2D eigenvalue weighted by Crippen LogP contribution is -2.44. The molecule has 1 aliphatic heterocycles. The van der Waals surface area contributed by atoms with E-state index in [9.17, 15) is 9.59 Å². The van der Waals surface area contributed by atoms with Crippen LogP contribution < -0.4 is 4.90 Å². The van der Waals surface area contributed by atoms with Gasteiger partial charge in [0, 0.05) is 18.7 Å². The van der Waals surface area contributed by atoms with Crippen LogP contribution in [0.3, 0.4) is 0 Å². The quantitative estimate of drug-likeness (QED) is 0.768. The van der Waals surface area contributed by atoms with Crippen molar-refractivity contribution in [2.24, 2.45) is 5.92 Å². The molecule has 96 valence electrons. The van der Waals surface area contributed by atoms with Gasteiger partial charge in [-0.15, -0.1) is 0 Å². The summed E-state index contributed by atoms with van der Waals surface area (Å²) in [6.07, 6.45) is 2.04. The minimum atomic E-state index is -0.427. The molecule has 0 saturated carbocycles. The summed E-state index contributed by atoms with van der Waals surface area (Å²) in [5.74, 6) is -0.389. The predicted molar refractivity (Wildman–Crippen MR) is 71.6 cm³/mol. The minimum Gasteiger partial charge on any atom is -0.312 e. The van der Waals surface area contributed by atoms with Gasteiger partial charge in [0.2, 0.25) is 5.91 Å². The van der Waals surface area contributed by atoms with Crippen LogP contribution in [0, 0.1) is 12.8 Å². The molecule has 1 atom stereocenters. The van der Waals surface area contributed by atoms with Crippen LogP contribution in [0.2, 0.25) is 0 Å². The minimum absolute atomic E-state index is 0.0290. The van der Waals surface area contributed by atoms with E-state index in [2.05, 4.69) is 0 Å². The number of hydrogen-bond acceptors (Lipinski definition) is 2. The van der Waals surface area contributed by atoms with Crippen molar-refractivity contribution in [1.82, 2.24) is 0 Å². The highest BCUT2D eigenvalue weighted by atomic mass is 16.2. The van der Waals surface area contributed by atoms with Gasteiger partial charge in [-0.3, -0.25) is 9.59 Å². The number of carbonyl (C=O) groups is 2. The van der Waals surface area contributed by atoms with Crippen LogP contribution >= 0.6 is 0 Å². The molecule has 1 unspecified atom stereocenters. The van der Waals surface area contributed by atoms with E-state index in [1.807, 2.05) is 38.1 Å². The Morgan fingerprint density at radius 1 is 1.44 bits per heavy atom. The third kappa shape index (κ3) is 2.45. The molecule has 1 aliphatic rings. The van der Waals surface area contributed by atoms with Gasteiger partial charge < -0.3 is 4.90 Å². The summed E-state index contributed by atoms with van der Waals surface area (Å²) < 4.78 is 0. The molecule has 0 spiro atoms. The van der Waals surface area contributed by atoms with Crippen molar-refractivity contribution in [3.8, 4) is 0 Å². The van der Waals surface area contributed by atoms with Gasteiger partial charge in [0.05, 0.1) is 5.92 Å². The fraction of sp³-hybridized carbons (Fsp3) is 0.467. The van der Waals surface area contributed by atoms with Crippen molar-refractivity contribution in [2.45, 2.75) is 33.1 Å². The van der Waals surface area contributed by atoms with Gasteiger partial charge in [-0.25, -0.2) is 0 Å². The number of nitrogens with zero attached hydrogens (tertiary/aromatic N) is 1. The monoisotopic (exact) mass is 245 g/mol. The van der Waals surface area contributed by atoms with Crippen molar-refractivity contribution in [1.29, 1.82) is 0 Å². The lowest BCUT2D eigenvalue weighted by atomic mass is 9.91. The Morgan fingerprint density at radius 2 is 2.22 bits per heavy atom. The van der Waals surface area contributed by atoms with E-state index in [0.29, 0.717) is 12.8 Å². The summed E-state index contributed by atoms with van der Waals surface area (Å²) in [5.41, 5.74) is 2.04. The lowest BCUT2D eigenvalue weighted by molar-refractivity contribution is -0.133. The molecule has 1 amide bonds. The summed E-state index contributed by atoms with van der Waals surface area (Å²) in [6, 6.07) is 7.89. The largest absolute Gasteiger partial charge is 0.312 e. The maximum atomic E-state index is 12.3. The lowest BCUT2D eigenvalue weighted by Gasteiger charge is -2.31. The normalized spacial score (nSPS) is 20.0. The first kappa shape index (κ1) is 12.8. The standard InChI is InChI=1S/C15H19NO2/c1-3-14(17)13-8-5-9-16(15(13)18)12-7-4-6-11(2)10-12/h4,6-7,10,13H,3,5,8-9H2,1-2H3. The molecule has 1 aromatic carbocycles. The van der Waals surface area contributed by atoms with Crippen LogP contribution in [0.1, 0.15) is 31.7 Å². The second kappa shape index (κ2) is 5.34. The van der Waals surface area contributed by atoms with Gasteiger partial charge in [-0.1, -0.05) is 19.1 Å². The summed E-state index contributed by atoms with van der Waals surface area (Å²) >= 11 is 0. The molecule has 1 aromatic rings. The van der Waals surface area contributed by atoms with E-state index >= 15 is 0 Å². The third-order valence-corrected chi connectivity index (χ3v) is 3.49. The van der Waals surface area contributed by atoms with Crippen LogP contribution in [0.4, 0.5) is 5.69 Å². The van der Waals surface area contributed by atoms with Gasteiger partial charge in [0.25, 0.3) is 0 Å². The van der Waals surface area contributed by atoms with Crippen LogP contribution in [0.25, 0.3) is 0 Å². The Kier molecular flexibility index (Phi) is 3.80. The van der Waals surface area contributed by atoms with Gasteiger partial charge >= 0.3 is 0 Å². The first-order chi connectivity index (χ1) is 8.63. The maximum Gasteiger partial charge on any atom is 0.237 e. The van der Waals surface area contributed by atoms with E-state index in [1.54, 1.807) is 4.90 Å². The van der Waals surface area contributed by atoms with Gasteiger partial charge in [-0.2, -0.15) is 0 Å². The molecule has 0 N–H and O–H groups in total. The maximum absolute atomic E-state index is 12.3. The number of ketones is 1. The number of carbonyl (C=O) groups excluding carboxylic acids is 2. The molecule has 0 aromatic heterocycles. The highest BCUT2D eigenvalue weighted by Crippen LogP contribution is 2.26. The Bertz CT molecular complexity index is 467. The van der Waals surface area contributed by atoms with Crippen molar-refractivity contribution in [3.63, 3.8) is 0 Å². The molecule has 3 heteroatoms. The summed E-state index contributed by atoms with van der Waals surface area (Å²) in [5, 5.41) is 0. The average molecular weight is 245 g/mol. The number of hydrogen-bond donors (Lipinski definition) is 0. The number of benzene rings is 1. The van der Waals surface area contributed by atoms with E-state index in [4.69, 9.17) is 0 Å². The highest BCUT2D eigenvalue weighted by molar-refractivity contribution is 6.08. The number of rotatable bonds is 3. The fourth-order valence-electron chi connectivity index (χ4n) is 2.47. The third-order valence-electron chi connectivity index (χ3n) is 3.49. The van der Waals surface area contributed by atoms with Crippen LogP contribution in [0.15, 0.2) is 24.3 Å². The predicted octanol–water partition coefficient (Wildman–Crippen LogP) is 2.72. The van der Waals surface area contributed by atoms with E-state index in [1.165, 1.54) is 0 Å². The van der Waals surface area contributed by atoms with Crippen molar-refractivity contribution in [2.75, 3.05) is 11.4 Å². The number of aryl methyl sites for hydroxylation is 1. The number of anilines is 1. The Morgan fingerprint density at radius 3 is 2.89 bits per heavy atom.